The second-order valence-electron chi connectivity index (χ2n) is 11.7. The molecule has 0 bridgehead atoms. The topological polar surface area (TPSA) is 80.4 Å². The zero-order chi connectivity index (χ0) is 29.1. The lowest BCUT2D eigenvalue weighted by Gasteiger charge is -2.31. The first kappa shape index (κ1) is 28.0. The third kappa shape index (κ3) is 5.41. The highest BCUT2D eigenvalue weighted by molar-refractivity contribution is 6.14. The first-order chi connectivity index (χ1) is 20.5. The number of hydrogen-bond acceptors (Lipinski definition) is 6. The van der Waals surface area contributed by atoms with Gasteiger partial charge in [-0.3, -0.25) is 4.79 Å². The molecule has 2 aliphatic heterocycles. The minimum atomic E-state index is -0.549. The molecule has 42 heavy (non-hydrogen) atoms. The maximum Gasteiger partial charge on any atom is 0.238 e. The van der Waals surface area contributed by atoms with Crippen LogP contribution in [0, 0.1) is 0 Å². The van der Waals surface area contributed by atoms with Crippen LogP contribution in [0.3, 0.4) is 0 Å². The summed E-state index contributed by atoms with van der Waals surface area (Å²) in [6, 6.07) is 22.1. The zero-order valence-corrected chi connectivity index (χ0v) is 24.6. The quantitative estimate of drug-likeness (QED) is 0.334. The van der Waals surface area contributed by atoms with Gasteiger partial charge in [0.25, 0.3) is 0 Å². The van der Waals surface area contributed by atoms with E-state index in [-0.39, 0.29) is 12.0 Å². The smallest absolute Gasteiger partial charge is 0.238 e. The van der Waals surface area contributed by atoms with Gasteiger partial charge >= 0.3 is 0 Å². The Labute approximate surface area is 248 Å². The van der Waals surface area contributed by atoms with E-state index in [1.54, 1.807) is 7.11 Å². The average molecular weight is 565 g/mol. The van der Waals surface area contributed by atoms with Gasteiger partial charge in [-0.15, -0.1) is 0 Å². The summed E-state index contributed by atoms with van der Waals surface area (Å²) >= 11 is 0. The molecule has 7 heteroatoms. The van der Waals surface area contributed by atoms with Crippen molar-refractivity contribution in [3.8, 4) is 11.5 Å². The minimum absolute atomic E-state index is 0.0816. The Hall–Kier alpha value is -4.10. The van der Waals surface area contributed by atoms with Crippen LogP contribution in [0.1, 0.15) is 55.2 Å². The summed E-state index contributed by atoms with van der Waals surface area (Å²) in [7, 11) is 3.82. The van der Waals surface area contributed by atoms with E-state index in [2.05, 4.69) is 24.1 Å². The van der Waals surface area contributed by atoms with Crippen molar-refractivity contribution < 1.29 is 14.3 Å². The first-order valence-corrected chi connectivity index (χ1v) is 15.0. The molecule has 3 aromatic carbocycles. The molecule has 1 saturated heterocycles. The number of rotatable bonds is 8. The highest BCUT2D eigenvalue weighted by Gasteiger charge is 2.53. The number of ether oxygens (including phenoxy) is 2. The number of aliphatic imine (C=N–C) groups is 1. The fraction of sp³-hybridized carbons (Fsp3) is 0.371. The van der Waals surface area contributed by atoms with Crippen LogP contribution < -0.4 is 20.1 Å². The molecule has 1 saturated carbocycles. The average Bonchev–Trinajstić information content (AvgIpc) is 3.60. The number of fused-ring (bicyclic) bond motifs is 2. The molecule has 218 valence electrons. The van der Waals surface area contributed by atoms with Gasteiger partial charge in [-0.05, 0) is 92.5 Å². The van der Waals surface area contributed by atoms with Gasteiger partial charge in [-0.1, -0.05) is 43.2 Å². The summed E-state index contributed by atoms with van der Waals surface area (Å²) in [6.07, 6.45) is 9.08. The summed E-state index contributed by atoms with van der Waals surface area (Å²) in [4.78, 5) is 23.7. The van der Waals surface area contributed by atoms with Crippen molar-refractivity contribution in [1.29, 1.82) is 0 Å². The van der Waals surface area contributed by atoms with Crippen molar-refractivity contribution in [2.45, 2.75) is 56.6 Å². The van der Waals surface area contributed by atoms with Crippen LogP contribution in [0.25, 0.3) is 0 Å². The van der Waals surface area contributed by atoms with Crippen LogP contribution in [0.2, 0.25) is 0 Å². The van der Waals surface area contributed by atoms with Gasteiger partial charge in [0, 0.05) is 18.7 Å². The Bertz CT molecular complexity index is 1470. The summed E-state index contributed by atoms with van der Waals surface area (Å²) < 4.78 is 12.2. The zero-order valence-electron chi connectivity index (χ0n) is 24.6. The third-order valence-corrected chi connectivity index (χ3v) is 8.99. The number of carbonyl (C=O) groups is 1. The Morgan fingerprint density at radius 2 is 1.76 bits per heavy atom. The number of benzene rings is 3. The first-order valence-electron chi connectivity index (χ1n) is 15.0. The van der Waals surface area contributed by atoms with Crippen LogP contribution in [0.4, 0.5) is 11.4 Å². The second kappa shape index (κ2) is 12.0. The Balaban J connectivity index is 1.49. The van der Waals surface area contributed by atoms with Crippen molar-refractivity contribution in [1.82, 2.24) is 4.90 Å². The molecular weight excluding hydrogens is 524 g/mol. The Morgan fingerprint density at radius 1 is 1.05 bits per heavy atom. The van der Waals surface area contributed by atoms with E-state index in [1.807, 2.05) is 65.6 Å². The normalized spacial score (nSPS) is 19.1. The molecule has 3 aliphatic rings. The number of amides is 1. The SMILES string of the molecule is COc1ccc(CN2C(=O)C3(CCCC3)c3cc(C(C=CN)=Nc4ccccc4)cc(OC4CCN(C)CC4)c32)cc1. The highest BCUT2D eigenvalue weighted by atomic mass is 16.5. The van der Waals surface area contributed by atoms with Gasteiger partial charge in [0.1, 0.15) is 17.6 Å². The van der Waals surface area contributed by atoms with E-state index in [4.69, 9.17) is 20.2 Å². The molecule has 2 N–H and O–H groups in total. The minimum Gasteiger partial charge on any atom is -0.497 e. The number of piperidine rings is 1. The maximum atomic E-state index is 14.5. The Morgan fingerprint density at radius 3 is 2.43 bits per heavy atom. The van der Waals surface area contributed by atoms with Gasteiger partial charge in [-0.25, -0.2) is 4.99 Å². The van der Waals surface area contributed by atoms with E-state index in [9.17, 15) is 4.79 Å². The molecule has 1 aliphatic carbocycles. The Kier molecular flexibility index (Phi) is 8.02. The maximum absolute atomic E-state index is 14.5. The largest absolute Gasteiger partial charge is 0.497 e. The van der Waals surface area contributed by atoms with Crippen LogP contribution in [-0.2, 0) is 16.8 Å². The van der Waals surface area contributed by atoms with Crippen LogP contribution in [-0.4, -0.2) is 49.9 Å². The second-order valence-corrected chi connectivity index (χ2v) is 11.7. The number of hydrogen-bond donors (Lipinski definition) is 1. The molecule has 6 rings (SSSR count). The molecule has 2 heterocycles. The van der Waals surface area contributed by atoms with E-state index >= 15 is 0 Å². The lowest BCUT2D eigenvalue weighted by atomic mass is 9.79. The molecule has 0 unspecified atom stereocenters. The summed E-state index contributed by atoms with van der Waals surface area (Å²) in [6.45, 7) is 2.46. The van der Waals surface area contributed by atoms with Crippen LogP contribution in [0.15, 0.2) is 84.0 Å². The standard InChI is InChI=1S/C35H40N4O3/c1-38-20-15-29(16-21-38)42-32-23-26(31(14-19-36)37-27-8-4-3-5-9-27)22-30-33(32)39(34(40)35(30)17-6-7-18-35)24-25-10-12-28(41-2)13-11-25/h3-5,8-14,19,22-23,29H,6-7,15-18,20-21,24,36H2,1-2H3. The van der Waals surface area contributed by atoms with Crippen LogP contribution >= 0.6 is 0 Å². The van der Waals surface area contributed by atoms with Crippen molar-refractivity contribution in [2.75, 3.05) is 32.1 Å². The lowest BCUT2D eigenvalue weighted by Crippen LogP contribution is -2.38. The van der Waals surface area contributed by atoms with Gasteiger partial charge < -0.3 is 25.0 Å². The van der Waals surface area contributed by atoms with E-state index in [0.717, 1.165) is 96.9 Å². The predicted octanol–water partition coefficient (Wildman–Crippen LogP) is 6.12. The van der Waals surface area contributed by atoms with Crippen LogP contribution in [0.5, 0.6) is 11.5 Å². The van der Waals surface area contributed by atoms with Gasteiger partial charge in [0.15, 0.2) is 0 Å². The number of nitrogens with two attached hydrogens (primary N) is 1. The number of allylic oxidation sites excluding steroid dienone is 1. The molecule has 7 nitrogen and oxygen atoms in total. The van der Waals surface area contributed by atoms with E-state index in [0.29, 0.717) is 6.54 Å². The van der Waals surface area contributed by atoms with Crippen molar-refractivity contribution in [2.24, 2.45) is 10.7 Å². The molecule has 2 fully saturated rings. The number of carbonyl (C=O) groups excluding carboxylic acids is 1. The van der Waals surface area contributed by atoms with E-state index in [1.165, 1.54) is 6.20 Å². The summed E-state index contributed by atoms with van der Waals surface area (Å²) in [5.41, 5.74) is 10.9. The van der Waals surface area contributed by atoms with Crippen molar-refractivity contribution in [3.63, 3.8) is 0 Å². The summed E-state index contributed by atoms with van der Waals surface area (Å²) in [5.74, 6) is 1.73. The van der Waals surface area contributed by atoms with Crippen molar-refractivity contribution in [3.05, 3.63) is 95.7 Å². The summed E-state index contributed by atoms with van der Waals surface area (Å²) in [5, 5.41) is 0. The van der Waals surface area contributed by atoms with E-state index < -0.39 is 5.41 Å². The molecular formula is C35H40N4O3. The molecule has 0 atom stereocenters. The van der Waals surface area contributed by atoms with Gasteiger partial charge in [-0.2, -0.15) is 0 Å². The fourth-order valence-corrected chi connectivity index (χ4v) is 6.70. The predicted molar refractivity (Wildman–Crippen MR) is 168 cm³/mol. The molecule has 0 aromatic heterocycles. The number of nitrogens with zero attached hydrogens (tertiary/aromatic N) is 3. The number of likely N-dealkylation sites (tertiary alicyclic amines) is 1. The van der Waals surface area contributed by atoms with Crippen molar-refractivity contribution >= 4 is 23.0 Å². The van der Waals surface area contributed by atoms with Gasteiger partial charge in [0.2, 0.25) is 5.91 Å². The number of anilines is 1. The number of methoxy groups -OCH3 is 1. The molecule has 3 aromatic rings. The number of para-hydroxylation sites is 1. The monoisotopic (exact) mass is 564 g/mol. The fourth-order valence-electron chi connectivity index (χ4n) is 6.70. The molecule has 0 radical (unpaired) electrons. The molecule has 1 spiro atoms. The van der Waals surface area contributed by atoms with Gasteiger partial charge in [0.05, 0.1) is 36.2 Å². The highest BCUT2D eigenvalue weighted by Crippen LogP contribution is 2.55. The third-order valence-electron chi connectivity index (χ3n) is 8.99. The lowest BCUT2D eigenvalue weighted by molar-refractivity contribution is -0.123. The molecule has 1 amide bonds.